The molecule has 1 aromatic heterocycles. The van der Waals surface area contributed by atoms with Crippen molar-refractivity contribution in [1.29, 1.82) is 0 Å². The summed E-state index contributed by atoms with van der Waals surface area (Å²) in [7, 11) is 0. The van der Waals surface area contributed by atoms with Gasteiger partial charge in [0.25, 0.3) is 5.56 Å². The molecule has 8 nitrogen and oxygen atoms in total. The molecular weight excluding hydrogens is 492 g/mol. The average Bonchev–Trinajstić information content (AvgIpc) is 3.17. The summed E-state index contributed by atoms with van der Waals surface area (Å²) in [5.41, 5.74) is 1.76. The van der Waals surface area contributed by atoms with Crippen molar-refractivity contribution >= 4 is 23.4 Å². The fraction of sp³-hybridized carbons (Fsp3) is 0.250. The van der Waals surface area contributed by atoms with Crippen molar-refractivity contribution in [3.63, 3.8) is 0 Å². The molecule has 1 aliphatic rings. The standard InChI is InChI=1S/C28H28N2O6S/c1-5-13-36-21-12-11-19(16-22(21)34-6-2)25-24(27(33)35-7-3)17(4)29-28-30(25)26(32)23(37-28)15-18-9-8-10-20(31)14-18/h5,8-12,14-16,25,31H,1,6-7,13H2,2-4H3. The summed E-state index contributed by atoms with van der Waals surface area (Å²) in [6.07, 6.45) is 3.33. The quantitative estimate of drug-likeness (QED) is 0.343. The predicted octanol–water partition coefficient (Wildman–Crippen LogP) is 3.47. The number of phenols is 1. The van der Waals surface area contributed by atoms with Gasteiger partial charge in [0.2, 0.25) is 0 Å². The Morgan fingerprint density at radius 1 is 1.16 bits per heavy atom. The number of hydrogen-bond donors (Lipinski definition) is 1. The van der Waals surface area contributed by atoms with Crippen LogP contribution in [0.2, 0.25) is 0 Å². The Kier molecular flexibility index (Phi) is 7.93. The molecule has 0 amide bonds. The number of esters is 1. The van der Waals surface area contributed by atoms with Crippen LogP contribution in [0.15, 0.2) is 76.2 Å². The second-order valence-electron chi connectivity index (χ2n) is 8.14. The molecule has 1 atom stereocenters. The summed E-state index contributed by atoms with van der Waals surface area (Å²) in [5, 5.41) is 9.84. The summed E-state index contributed by atoms with van der Waals surface area (Å²) < 4.78 is 18.8. The minimum Gasteiger partial charge on any atom is -0.508 e. The molecule has 3 aromatic rings. The van der Waals surface area contributed by atoms with Gasteiger partial charge >= 0.3 is 5.97 Å². The number of hydrogen-bond acceptors (Lipinski definition) is 8. The maximum atomic E-state index is 13.7. The van der Waals surface area contributed by atoms with Crippen LogP contribution in [-0.2, 0) is 9.53 Å². The lowest BCUT2D eigenvalue weighted by atomic mass is 9.95. The molecule has 0 fully saturated rings. The zero-order valence-corrected chi connectivity index (χ0v) is 21.7. The third kappa shape index (κ3) is 5.36. The number of aromatic nitrogens is 1. The molecule has 4 rings (SSSR count). The third-order valence-corrected chi connectivity index (χ3v) is 6.61. The van der Waals surface area contributed by atoms with Crippen LogP contribution < -0.4 is 24.4 Å². The van der Waals surface area contributed by atoms with E-state index in [9.17, 15) is 14.7 Å². The first-order valence-corrected chi connectivity index (χ1v) is 12.7. The Balaban J connectivity index is 1.94. The maximum absolute atomic E-state index is 13.7. The van der Waals surface area contributed by atoms with E-state index in [1.165, 1.54) is 15.9 Å². The van der Waals surface area contributed by atoms with E-state index in [1.54, 1.807) is 68.5 Å². The number of thiazole rings is 1. The Bertz CT molecular complexity index is 1550. The van der Waals surface area contributed by atoms with Crippen molar-refractivity contribution in [1.82, 2.24) is 4.57 Å². The van der Waals surface area contributed by atoms with E-state index in [0.29, 0.717) is 50.9 Å². The molecule has 0 aliphatic carbocycles. The largest absolute Gasteiger partial charge is 0.508 e. The topological polar surface area (TPSA) is 99.4 Å². The van der Waals surface area contributed by atoms with Crippen molar-refractivity contribution in [2.75, 3.05) is 19.8 Å². The molecule has 0 spiro atoms. The summed E-state index contributed by atoms with van der Waals surface area (Å²) in [6, 6.07) is 11.2. The summed E-state index contributed by atoms with van der Waals surface area (Å²) in [5.74, 6) is 0.574. The Morgan fingerprint density at radius 2 is 1.97 bits per heavy atom. The lowest BCUT2D eigenvalue weighted by Crippen LogP contribution is -2.40. The minimum absolute atomic E-state index is 0.0991. The van der Waals surface area contributed by atoms with Gasteiger partial charge in [-0.1, -0.05) is 42.2 Å². The Morgan fingerprint density at radius 3 is 2.68 bits per heavy atom. The summed E-state index contributed by atoms with van der Waals surface area (Å²) >= 11 is 1.21. The van der Waals surface area contributed by atoms with Crippen LogP contribution in [0, 0.1) is 0 Å². The van der Waals surface area contributed by atoms with Gasteiger partial charge in [0.1, 0.15) is 12.4 Å². The number of nitrogens with zero attached hydrogens (tertiary/aromatic N) is 2. The van der Waals surface area contributed by atoms with E-state index >= 15 is 0 Å². The van der Waals surface area contributed by atoms with Gasteiger partial charge in [-0.3, -0.25) is 9.36 Å². The summed E-state index contributed by atoms with van der Waals surface area (Å²) in [4.78, 5) is 31.9. The maximum Gasteiger partial charge on any atom is 0.338 e. The van der Waals surface area contributed by atoms with Gasteiger partial charge in [-0.2, -0.15) is 0 Å². The molecule has 9 heteroatoms. The van der Waals surface area contributed by atoms with Crippen molar-refractivity contribution in [3.8, 4) is 17.2 Å². The van der Waals surface area contributed by atoms with E-state index in [4.69, 9.17) is 14.2 Å². The number of allylic oxidation sites excluding steroid dienone is 1. The smallest absolute Gasteiger partial charge is 0.338 e. The fourth-order valence-electron chi connectivity index (χ4n) is 4.10. The van der Waals surface area contributed by atoms with Gasteiger partial charge < -0.3 is 19.3 Å². The van der Waals surface area contributed by atoms with Gasteiger partial charge in [-0.05, 0) is 62.2 Å². The molecule has 1 N–H and O–H groups in total. The highest BCUT2D eigenvalue weighted by molar-refractivity contribution is 7.07. The van der Waals surface area contributed by atoms with E-state index in [-0.39, 0.29) is 23.5 Å². The third-order valence-electron chi connectivity index (χ3n) is 5.63. The van der Waals surface area contributed by atoms with Gasteiger partial charge in [-0.15, -0.1) is 0 Å². The SMILES string of the molecule is C=CCOc1ccc(C2C(C(=O)OCC)=C(C)N=c3sc(=Cc4cccc(O)c4)c(=O)n32)cc1OCC. The van der Waals surface area contributed by atoms with E-state index in [2.05, 4.69) is 11.6 Å². The number of phenolic OH excluding ortho intramolecular Hbond substituents is 1. The van der Waals surface area contributed by atoms with Crippen molar-refractivity contribution in [2.45, 2.75) is 26.8 Å². The highest BCUT2D eigenvalue weighted by Gasteiger charge is 2.34. The van der Waals surface area contributed by atoms with Crippen LogP contribution in [0.25, 0.3) is 6.08 Å². The lowest BCUT2D eigenvalue weighted by molar-refractivity contribution is -0.139. The molecule has 37 heavy (non-hydrogen) atoms. The molecular formula is C28H28N2O6S. The Hall–Kier alpha value is -4.11. The molecule has 2 heterocycles. The first-order chi connectivity index (χ1) is 17.9. The lowest BCUT2D eigenvalue weighted by Gasteiger charge is -2.25. The van der Waals surface area contributed by atoms with E-state index in [1.807, 2.05) is 6.92 Å². The number of carbonyl (C=O) groups excluding carboxylic acids is 1. The van der Waals surface area contributed by atoms with Gasteiger partial charge in [0.05, 0.1) is 35.1 Å². The highest BCUT2D eigenvalue weighted by Crippen LogP contribution is 2.36. The number of fused-ring (bicyclic) bond motifs is 1. The monoisotopic (exact) mass is 520 g/mol. The van der Waals surface area contributed by atoms with Gasteiger partial charge in [0, 0.05) is 0 Å². The minimum atomic E-state index is -0.783. The van der Waals surface area contributed by atoms with Crippen molar-refractivity contribution in [3.05, 3.63) is 97.2 Å². The van der Waals surface area contributed by atoms with Crippen LogP contribution in [0.5, 0.6) is 17.2 Å². The van der Waals surface area contributed by atoms with Crippen LogP contribution in [-0.4, -0.2) is 35.5 Å². The van der Waals surface area contributed by atoms with Crippen LogP contribution in [0.1, 0.15) is 37.9 Å². The zero-order valence-electron chi connectivity index (χ0n) is 20.9. The molecule has 0 bridgehead atoms. The van der Waals surface area contributed by atoms with E-state index < -0.39 is 12.0 Å². The molecule has 2 aromatic carbocycles. The second kappa shape index (κ2) is 11.3. The zero-order chi connectivity index (χ0) is 26.5. The molecule has 1 aliphatic heterocycles. The number of benzene rings is 2. The molecule has 0 saturated carbocycles. The number of ether oxygens (including phenoxy) is 3. The van der Waals surface area contributed by atoms with Crippen LogP contribution >= 0.6 is 11.3 Å². The first kappa shape index (κ1) is 26.0. The van der Waals surface area contributed by atoms with Crippen LogP contribution in [0.4, 0.5) is 0 Å². The van der Waals surface area contributed by atoms with Gasteiger partial charge in [-0.25, -0.2) is 9.79 Å². The Labute approximate surface area is 218 Å². The summed E-state index contributed by atoms with van der Waals surface area (Å²) in [6.45, 7) is 9.90. The number of carbonyl (C=O) groups is 1. The van der Waals surface area contributed by atoms with Crippen LogP contribution in [0.3, 0.4) is 0 Å². The molecule has 192 valence electrons. The van der Waals surface area contributed by atoms with Gasteiger partial charge in [0.15, 0.2) is 16.3 Å². The number of aromatic hydroxyl groups is 1. The number of rotatable bonds is 9. The highest BCUT2D eigenvalue weighted by atomic mass is 32.1. The molecule has 0 radical (unpaired) electrons. The van der Waals surface area contributed by atoms with E-state index in [0.717, 1.165) is 0 Å². The molecule has 0 saturated heterocycles. The fourth-order valence-corrected chi connectivity index (χ4v) is 5.15. The first-order valence-electron chi connectivity index (χ1n) is 11.9. The van der Waals surface area contributed by atoms with Crippen molar-refractivity contribution in [2.24, 2.45) is 4.99 Å². The average molecular weight is 521 g/mol. The molecule has 1 unspecified atom stereocenters. The normalized spacial score (nSPS) is 15.1. The van der Waals surface area contributed by atoms with Crippen molar-refractivity contribution < 1.29 is 24.1 Å². The second-order valence-corrected chi connectivity index (χ2v) is 9.15. The predicted molar refractivity (Wildman–Crippen MR) is 142 cm³/mol.